The van der Waals surface area contributed by atoms with E-state index in [1.165, 1.54) is 6.92 Å². The van der Waals surface area contributed by atoms with Crippen molar-refractivity contribution in [1.29, 1.82) is 0 Å². The Morgan fingerprint density at radius 2 is 2.08 bits per heavy atom. The summed E-state index contributed by atoms with van der Waals surface area (Å²) in [5.41, 5.74) is 0. The molecule has 0 bridgehead atoms. The average molecular weight is 193 g/mol. The van der Waals surface area contributed by atoms with Crippen LogP contribution >= 0.6 is 0 Å². The minimum Gasteiger partial charge on any atom is -0.465 e. The van der Waals surface area contributed by atoms with Crippen molar-refractivity contribution in [3.63, 3.8) is 0 Å². The first-order chi connectivity index (χ1) is 5.63. The summed E-state index contributed by atoms with van der Waals surface area (Å²) in [5.74, 6) is -1.29. The van der Waals surface area contributed by atoms with Crippen molar-refractivity contribution in [2.24, 2.45) is 5.92 Å². The second kappa shape index (κ2) is 8.48. The second-order valence-electron chi connectivity index (χ2n) is 2.44. The van der Waals surface area contributed by atoms with E-state index in [0.717, 1.165) is 0 Å². The van der Waals surface area contributed by atoms with E-state index in [2.05, 4.69) is 6.58 Å². The van der Waals surface area contributed by atoms with Gasteiger partial charge in [0.2, 0.25) is 0 Å². The third-order valence-corrected chi connectivity index (χ3v) is 1.46. The zero-order valence-electron chi connectivity index (χ0n) is 8.50. The molecule has 3 nitrogen and oxygen atoms in total. The molecule has 68 valence electrons. The van der Waals surface area contributed by atoms with E-state index in [-0.39, 0.29) is 35.3 Å². The SMILES string of the molecule is C=CCC(C(C)=O)C(=O)OCC.[Na+]. The minimum absolute atomic E-state index is 0. The fraction of sp³-hybridized carbons (Fsp3) is 0.556. The standard InChI is InChI=1S/C9H14O3.Na/c1-4-6-8(7(3)10)9(11)12-5-2;/h4,8H,1,5-6H2,2-3H3;/q;+1. The van der Waals surface area contributed by atoms with Gasteiger partial charge in [-0.15, -0.1) is 6.58 Å². The molecule has 13 heavy (non-hydrogen) atoms. The Balaban J connectivity index is 0. The molecule has 0 aromatic carbocycles. The van der Waals surface area contributed by atoms with Crippen LogP contribution in [0.5, 0.6) is 0 Å². The number of ketones is 1. The van der Waals surface area contributed by atoms with Crippen molar-refractivity contribution in [2.45, 2.75) is 20.3 Å². The van der Waals surface area contributed by atoms with Gasteiger partial charge in [0.25, 0.3) is 0 Å². The van der Waals surface area contributed by atoms with E-state index in [0.29, 0.717) is 13.0 Å². The monoisotopic (exact) mass is 193 g/mol. The van der Waals surface area contributed by atoms with Gasteiger partial charge in [-0.2, -0.15) is 0 Å². The summed E-state index contributed by atoms with van der Waals surface area (Å²) in [6.45, 7) is 6.86. The Hall–Kier alpha value is -0.120. The van der Waals surface area contributed by atoms with Gasteiger partial charge >= 0.3 is 35.5 Å². The molecule has 0 saturated heterocycles. The van der Waals surface area contributed by atoms with Crippen molar-refractivity contribution >= 4 is 11.8 Å². The molecule has 0 heterocycles. The van der Waals surface area contributed by atoms with E-state index >= 15 is 0 Å². The normalized spacial score (nSPS) is 10.9. The molecule has 0 spiro atoms. The molecule has 0 fully saturated rings. The van der Waals surface area contributed by atoms with Crippen molar-refractivity contribution in [3.8, 4) is 0 Å². The van der Waals surface area contributed by atoms with E-state index in [1.807, 2.05) is 0 Å². The number of carbonyl (C=O) groups is 2. The summed E-state index contributed by atoms with van der Waals surface area (Å²) in [6.07, 6.45) is 1.90. The third kappa shape index (κ3) is 6.02. The van der Waals surface area contributed by atoms with Crippen molar-refractivity contribution in [3.05, 3.63) is 12.7 Å². The second-order valence-corrected chi connectivity index (χ2v) is 2.44. The van der Waals surface area contributed by atoms with Crippen LogP contribution in [0.25, 0.3) is 0 Å². The first-order valence-corrected chi connectivity index (χ1v) is 3.91. The largest absolute Gasteiger partial charge is 1.00 e. The van der Waals surface area contributed by atoms with Gasteiger partial charge in [0.05, 0.1) is 6.61 Å². The van der Waals surface area contributed by atoms with Gasteiger partial charge in [-0.3, -0.25) is 9.59 Å². The van der Waals surface area contributed by atoms with Gasteiger partial charge in [-0.25, -0.2) is 0 Å². The maximum atomic E-state index is 11.1. The van der Waals surface area contributed by atoms with Crippen LogP contribution in [0, 0.1) is 5.92 Å². The van der Waals surface area contributed by atoms with E-state index in [4.69, 9.17) is 4.74 Å². The Morgan fingerprint density at radius 3 is 2.38 bits per heavy atom. The Bertz CT molecular complexity index is 189. The quantitative estimate of drug-likeness (QED) is 0.227. The molecular formula is C9H14NaO3+. The van der Waals surface area contributed by atoms with Gasteiger partial charge in [0.1, 0.15) is 11.7 Å². The van der Waals surface area contributed by atoms with E-state index in [1.54, 1.807) is 13.0 Å². The van der Waals surface area contributed by atoms with Crippen LogP contribution in [-0.2, 0) is 14.3 Å². The first kappa shape index (κ1) is 15.4. The average Bonchev–Trinajstić information content (AvgIpc) is 1.99. The number of Topliss-reactive ketones (excluding diaryl/α,β-unsaturated/α-hetero) is 1. The van der Waals surface area contributed by atoms with Crippen molar-refractivity contribution in [2.75, 3.05) is 6.61 Å². The minimum atomic E-state index is -0.664. The maximum absolute atomic E-state index is 11.1. The Labute approximate surface area is 101 Å². The molecule has 4 heteroatoms. The summed E-state index contributed by atoms with van der Waals surface area (Å²) < 4.78 is 4.71. The number of esters is 1. The summed E-state index contributed by atoms with van der Waals surface area (Å²) >= 11 is 0. The molecule has 1 unspecified atom stereocenters. The van der Waals surface area contributed by atoms with Gasteiger partial charge in [-0.1, -0.05) is 6.08 Å². The summed E-state index contributed by atoms with van der Waals surface area (Å²) in [4.78, 5) is 22.0. The molecule has 0 aromatic heterocycles. The van der Waals surface area contributed by atoms with E-state index < -0.39 is 11.9 Å². The molecule has 0 aromatic rings. The number of hydrogen-bond acceptors (Lipinski definition) is 3. The third-order valence-electron chi connectivity index (χ3n) is 1.46. The summed E-state index contributed by atoms with van der Waals surface area (Å²) in [6, 6.07) is 0. The van der Waals surface area contributed by atoms with Crippen LogP contribution < -0.4 is 29.6 Å². The molecule has 0 rings (SSSR count). The molecule has 0 N–H and O–H groups in total. The molecule has 0 radical (unpaired) electrons. The number of hydrogen-bond donors (Lipinski definition) is 0. The number of rotatable bonds is 5. The van der Waals surface area contributed by atoms with Gasteiger partial charge in [0, 0.05) is 0 Å². The van der Waals surface area contributed by atoms with Crippen LogP contribution in [0.2, 0.25) is 0 Å². The zero-order chi connectivity index (χ0) is 9.56. The maximum Gasteiger partial charge on any atom is 1.00 e. The van der Waals surface area contributed by atoms with Crippen LogP contribution in [-0.4, -0.2) is 18.4 Å². The molecule has 0 aliphatic rings. The zero-order valence-corrected chi connectivity index (χ0v) is 10.5. The Morgan fingerprint density at radius 1 is 1.54 bits per heavy atom. The van der Waals surface area contributed by atoms with Gasteiger partial charge in [0.15, 0.2) is 0 Å². The Kier molecular flexibility index (Phi) is 10.0. The van der Waals surface area contributed by atoms with Crippen LogP contribution in [0.4, 0.5) is 0 Å². The van der Waals surface area contributed by atoms with E-state index in [9.17, 15) is 9.59 Å². The number of carbonyl (C=O) groups excluding carboxylic acids is 2. The predicted molar refractivity (Wildman–Crippen MR) is 45.6 cm³/mol. The summed E-state index contributed by atoms with van der Waals surface area (Å²) in [7, 11) is 0. The fourth-order valence-corrected chi connectivity index (χ4v) is 0.838. The predicted octanol–water partition coefficient (Wildman–Crippen LogP) is -1.67. The smallest absolute Gasteiger partial charge is 0.465 e. The topological polar surface area (TPSA) is 43.4 Å². The first-order valence-electron chi connectivity index (χ1n) is 3.91. The fourth-order valence-electron chi connectivity index (χ4n) is 0.838. The molecule has 0 aliphatic heterocycles. The molecular weight excluding hydrogens is 179 g/mol. The van der Waals surface area contributed by atoms with Crippen molar-refractivity contribution < 1.29 is 43.9 Å². The molecule has 0 saturated carbocycles. The number of ether oxygens (including phenoxy) is 1. The van der Waals surface area contributed by atoms with Crippen molar-refractivity contribution in [1.82, 2.24) is 0 Å². The van der Waals surface area contributed by atoms with Crippen LogP contribution in [0.1, 0.15) is 20.3 Å². The van der Waals surface area contributed by atoms with Gasteiger partial charge in [-0.05, 0) is 20.3 Å². The van der Waals surface area contributed by atoms with Crippen LogP contribution in [0.15, 0.2) is 12.7 Å². The molecule has 0 amide bonds. The van der Waals surface area contributed by atoms with Crippen LogP contribution in [0.3, 0.4) is 0 Å². The van der Waals surface area contributed by atoms with Gasteiger partial charge < -0.3 is 4.74 Å². The number of allylic oxidation sites excluding steroid dienone is 1. The molecule has 0 aliphatic carbocycles. The molecule has 1 atom stereocenters. The summed E-state index contributed by atoms with van der Waals surface area (Å²) in [5, 5.41) is 0.